The van der Waals surface area contributed by atoms with Crippen LogP contribution in [-0.2, 0) is 6.54 Å². The molecule has 1 aromatic heterocycles. The van der Waals surface area contributed by atoms with Gasteiger partial charge in [-0.15, -0.1) is 0 Å². The first-order valence-corrected chi connectivity index (χ1v) is 7.56. The molecule has 1 aliphatic rings. The zero-order valence-electron chi connectivity index (χ0n) is 12.5. The molecule has 5 nitrogen and oxygen atoms in total. The number of ether oxygens (including phenoxy) is 1. The van der Waals surface area contributed by atoms with Crippen molar-refractivity contribution in [3.8, 4) is 6.01 Å². The summed E-state index contributed by atoms with van der Waals surface area (Å²) in [6.07, 6.45) is 7.83. The van der Waals surface area contributed by atoms with Crippen LogP contribution >= 0.6 is 0 Å². The fourth-order valence-corrected chi connectivity index (χ4v) is 2.82. The van der Waals surface area contributed by atoms with Crippen molar-refractivity contribution in [2.75, 3.05) is 13.7 Å². The fourth-order valence-electron chi connectivity index (χ4n) is 2.82. The van der Waals surface area contributed by atoms with Crippen molar-refractivity contribution in [3.63, 3.8) is 0 Å². The van der Waals surface area contributed by atoms with Crippen molar-refractivity contribution in [2.24, 2.45) is 0 Å². The first kappa shape index (κ1) is 15.0. The lowest BCUT2D eigenvalue weighted by Gasteiger charge is -2.17. The standard InChI is InChI=1S/C15H25N3O2/c1-12-11-14(19)18(15(17-12)20-2)10-9-16-13-7-5-3-4-6-8-13/h11,13,16H,3-10H2,1-2H3. The Bertz CT molecular complexity index is 476. The van der Waals surface area contributed by atoms with Crippen LogP contribution in [0.5, 0.6) is 6.01 Å². The van der Waals surface area contributed by atoms with E-state index in [-0.39, 0.29) is 5.56 Å². The molecule has 1 N–H and O–H groups in total. The third-order valence-corrected chi connectivity index (χ3v) is 3.91. The molecule has 0 amide bonds. The van der Waals surface area contributed by atoms with Gasteiger partial charge < -0.3 is 10.1 Å². The van der Waals surface area contributed by atoms with Crippen molar-refractivity contribution >= 4 is 0 Å². The van der Waals surface area contributed by atoms with Gasteiger partial charge in [0.1, 0.15) is 0 Å². The van der Waals surface area contributed by atoms with Gasteiger partial charge in [-0.1, -0.05) is 25.7 Å². The quantitative estimate of drug-likeness (QED) is 0.836. The summed E-state index contributed by atoms with van der Waals surface area (Å²) in [5, 5.41) is 3.56. The molecule has 112 valence electrons. The van der Waals surface area contributed by atoms with Gasteiger partial charge in [-0.05, 0) is 19.8 Å². The number of nitrogens with zero attached hydrogens (tertiary/aromatic N) is 2. The van der Waals surface area contributed by atoms with Crippen molar-refractivity contribution in [2.45, 2.75) is 58.0 Å². The second-order valence-electron chi connectivity index (χ2n) is 5.52. The first-order chi connectivity index (χ1) is 9.70. The Morgan fingerprint density at radius 3 is 2.70 bits per heavy atom. The Labute approximate surface area is 120 Å². The average Bonchev–Trinajstić information content (AvgIpc) is 2.69. The second kappa shape index (κ2) is 7.43. The Morgan fingerprint density at radius 2 is 2.05 bits per heavy atom. The molecular weight excluding hydrogens is 254 g/mol. The SMILES string of the molecule is COc1nc(C)cc(=O)n1CCNC1CCCCCC1. The summed E-state index contributed by atoms with van der Waals surface area (Å²) in [5.41, 5.74) is 0.650. The van der Waals surface area contributed by atoms with Crippen LogP contribution in [0.15, 0.2) is 10.9 Å². The third-order valence-electron chi connectivity index (χ3n) is 3.91. The highest BCUT2D eigenvalue weighted by Crippen LogP contribution is 2.17. The molecule has 0 aliphatic heterocycles. The molecule has 0 unspecified atom stereocenters. The molecule has 1 saturated carbocycles. The predicted octanol–water partition coefficient (Wildman–Crippen LogP) is 1.87. The summed E-state index contributed by atoms with van der Waals surface area (Å²) in [4.78, 5) is 16.2. The van der Waals surface area contributed by atoms with Gasteiger partial charge in [-0.3, -0.25) is 9.36 Å². The molecule has 0 bridgehead atoms. The lowest BCUT2D eigenvalue weighted by atomic mass is 10.1. The van der Waals surface area contributed by atoms with Crippen LogP contribution in [0.3, 0.4) is 0 Å². The van der Waals surface area contributed by atoms with Gasteiger partial charge in [-0.25, -0.2) is 4.98 Å². The molecule has 1 fully saturated rings. The molecule has 0 saturated heterocycles. The Balaban J connectivity index is 1.92. The number of aryl methyl sites for hydroxylation is 1. The van der Waals surface area contributed by atoms with Crippen LogP contribution in [0.25, 0.3) is 0 Å². The fraction of sp³-hybridized carbons (Fsp3) is 0.733. The Morgan fingerprint density at radius 1 is 1.35 bits per heavy atom. The van der Waals surface area contributed by atoms with E-state index in [0.29, 0.717) is 24.3 Å². The number of nitrogens with one attached hydrogen (secondary N) is 1. The van der Waals surface area contributed by atoms with E-state index in [0.717, 1.165) is 6.54 Å². The van der Waals surface area contributed by atoms with E-state index in [1.165, 1.54) is 38.5 Å². The van der Waals surface area contributed by atoms with E-state index in [2.05, 4.69) is 10.3 Å². The zero-order valence-corrected chi connectivity index (χ0v) is 12.5. The number of hydrogen-bond acceptors (Lipinski definition) is 4. The zero-order chi connectivity index (χ0) is 14.4. The van der Waals surface area contributed by atoms with Gasteiger partial charge in [0, 0.05) is 30.9 Å². The van der Waals surface area contributed by atoms with Crippen molar-refractivity contribution in [3.05, 3.63) is 22.1 Å². The number of rotatable bonds is 5. The van der Waals surface area contributed by atoms with Crippen LogP contribution in [-0.4, -0.2) is 29.2 Å². The van der Waals surface area contributed by atoms with E-state index in [9.17, 15) is 4.79 Å². The molecular formula is C15H25N3O2. The Kier molecular flexibility index (Phi) is 5.59. The largest absolute Gasteiger partial charge is 0.468 e. The van der Waals surface area contributed by atoms with E-state index in [1.54, 1.807) is 24.7 Å². The highest BCUT2D eigenvalue weighted by molar-refractivity contribution is 5.06. The van der Waals surface area contributed by atoms with E-state index in [4.69, 9.17) is 4.74 Å². The van der Waals surface area contributed by atoms with Crippen molar-refractivity contribution in [1.29, 1.82) is 0 Å². The topological polar surface area (TPSA) is 56.1 Å². The molecule has 0 atom stereocenters. The Hall–Kier alpha value is -1.36. The predicted molar refractivity (Wildman–Crippen MR) is 79.3 cm³/mol. The summed E-state index contributed by atoms with van der Waals surface area (Å²) in [7, 11) is 1.55. The minimum Gasteiger partial charge on any atom is -0.468 e. The van der Waals surface area contributed by atoms with E-state index in [1.807, 2.05) is 0 Å². The maximum atomic E-state index is 12.0. The van der Waals surface area contributed by atoms with Crippen molar-refractivity contribution < 1.29 is 4.74 Å². The molecule has 1 aliphatic carbocycles. The summed E-state index contributed by atoms with van der Waals surface area (Å²) >= 11 is 0. The highest BCUT2D eigenvalue weighted by atomic mass is 16.5. The first-order valence-electron chi connectivity index (χ1n) is 7.56. The summed E-state index contributed by atoms with van der Waals surface area (Å²) in [6.45, 7) is 3.19. The van der Waals surface area contributed by atoms with Gasteiger partial charge in [0.15, 0.2) is 0 Å². The second-order valence-corrected chi connectivity index (χ2v) is 5.52. The van der Waals surface area contributed by atoms with Gasteiger partial charge >= 0.3 is 0 Å². The monoisotopic (exact) mass is 279 g/mol. The number of aromatic nitrogens is 2. The minimum atomic E-state index is -0.0444. The van der Waals surface area contributed by atoms with Gasteiger partial charge in [0.2, 0.25) is 0 Å². The molecule has 1 heterocycles. The van der Waals surface area contributed by atoms with Crippen LogP contribution in [0, 0.1) is 6.92 Å². The van der Waals surface area contributed by atoms with Gasteiger partial charge in [-0.2, -0.15) is 0 Å². The minimum absolute atomic E-state index is 0.0444. The maximum Gasteiger partial charge on any atom is 0.299 e. The third kappa shape index (κ3) is 4.07. The summed E-state index contributed by atoms with van der Waals surface area (Å²) < 4.78 is 6.79. The summed E-state index contributed by atoms with van der Waals surface area (Å²) in [6, 6.07) is 2.55. The molecule has 0 radical (unpaired) electrons. The molecule has 5 heteroatoms. The van der Waals surface area contributed by atoms with Gasteiger partial charge in [0.25, 0.3) is 11.6 Å². The molecule has 1 aromatic rings. The maximum absolute atomic E-state index is 12.0. The van der Waals surface area contributed by atoms with Gasteiger partial charge in [0.05, 0.1) is 7.11 Å². The van der Waals surface area contributed by atoms with Crippen LogP contribution in [0.2, 0.25) is 0 Å². The van der Waals surface area contributed by atoms with Crippen LogP contribution < -0.4 is 15.6 Å². The normalized spacial score (nSPS) is 16.9. The van der Waals surface area contributed by atoms with Crippen LogP contribution in [0.1, 0.15) is 44.2 Å². The van der Waals surface area contributed by atoms with Crippen molar-refractivity contribution in [1.82, 2.24) is 14.9 Å². The summed E-state index contributed by atoms with van der Waals surface area (Å²) in [5.74, 6) is 0. The lowest BCUT2D eigenvalue weighted by molar-refractivity contribution is 0.338. The lowest BCUT2D eigenvalue weighted by Crippen LogP contribution is -2.34. The number of hydrogen-bond donors (Lipinski definition) is 1. The van der Waals surface area contributed by atoms with E-state index < -0.39 is 0 Å². The smallest absolute Gasteiger partial charge is 0.299 e. The average molecular weight is 279 g/mol. The highest BCUT2D eigenvalue weighted by Gasteiger charge is 2.12. The molecule has 20 heavy (non-hydrogen) atoms. The molecule has 0 aromatic carbocycles. The van der Waals surface area contributed by atoms with Crippen LogP contribution in [0.4, 0.5) is 0 Å². The molecule has 2 rings (SSSR count). The number of methoxy groups -OCH3 is 1. The molecule has 0 spiro atoms. The van der Waals surface area contributed by atoms with E-state index >= 15 is 0 Å².